The molecule has 0 atom stereocenters. The van der Waals surface area contributed by atoms with Gasteiger partial charge in [-0.3, -0.25) is 19.2 Å². The van der Waals surface area contributed by atoms with Gasteiger partial charge in [0.1, 0.15) is 11.2 Å². The Morgan fingerprint density at radius 1 is 0.706 bits per heavy atom. The molecule has 8 nitrogen and oxygen atoms in total. The number of nitrogens with zero attached hydrogens (tertiary/aromatic N) is 1. The summed E-state index contributed by atoms with van der Waals surface area (Å²) in [4.78, 5) is 53.4. The van der Waals surface area contributed by atoms with Crippen LogP contribution in [0.4, 0.5) is 0 Å². The summed E-state index contributed by atoms with van der Waals surface area (Å²) in [6.07, 6.45) is 1.25. The Bertz CT molecular complexity index is 746. The minimum Gasteiger partial charge on any atom is -0.469 e. The first-order valence-corrected chi connectivity index (χ1v) is 12.0. The molecular formula is C26H45NO7. The number of likely N-dealkylation sites (tertiary alicyclic amines) is 1. The summed E-state index contributed by atoms with van der Waals surface area (Å²) in [5.74, 6) is -1.61. The van der Waals surface area contributed by atoms with Crippen LogP contribution in [0.5, 0.6) is 0 Å². The van der Waals surface area contributed by atoms with Gasteiger partial charge in [-0.2, -0.15) is 0 Å². The fourth-order valence-corrected chi connectivity index (χ4v) is 3.87. The van der Waals surface area contributed by atoms with Crippen LogP contribution in [0, 0.1) is 16.2 Å². The predicted octanol–water partition coefficient (Wildman–Crippen LogP) is 4.28. The lowest BCUT2D eigenvalue weighted by atomic mass is 9.75. The third-order valence-corrected chi connectivity index (χ3v) is 6.18. The van der Waals surface area contributed by atoms with Crippen molar-refractivity contribution in [1.82, 2.24) is 4.90 Å². The van der Waals surface area contributed by atoms with Gasteiger partial charge in [0.15, 0.2) is 5.41 Å². The maximum Gasteiger partial charge on any atom is 0.324 e. The van der Waals surface area contributed by atoms with Gasteiger partial charge in [-0.15, -0.1) is 0 Å². The molecule has 1 aliphatic rings. The van der Waals surface area contributed by atoms with E-state index in [0.717, 1.165) is 0 Å². The van der Waals surface area contributed by atoms with Crippen LogP contribution < -0.4 is 0 Å². The molecule has 0 aliphatic carbocycles. The zero-order valence-electron chi connectivity index (χ0n) is 23.0. The molecule has 0 aromatic rings. The van der Waals surface area contributed by atoms with Crippen molar-refractivity contribution in [3.05, 3.63) is 0 Å². The molecule has 1 rings (SSSR count). The van der Waals surface area contributed by atoms with Gasteiger partial charge in [0.2, 0.25) is 5.91 Å². The van der Waals surface area contributed by atoms with E-state index in [2.05, 4.69) is 0 Å². The van der Waals surface area contributed by atoms with Crippen LogP contribution in [0.25, 0.3) is 0 Å². The quantitative estimate of drug-likeness (QED) is 0.303. The summed E-state index contributed by atoms with van der Waals surface area (Å²) in [5, 5.41) is 0. The van der Waals surface area contributed by atoms with Crippen LogP contribution in [0.3, 0.4) is 0 Å². The molecule has 1 saturated heterocycles. The first kappa shape index (κ1) is 29.9. The number of piperidine rings is 1. The molecular weight excluding hydrogens is 438 g/mol. The second kappa shape index (κ2) is 10.2. The fraction of sp³-hybridized carbons (Fsp3) is 0.846. The highest BCUT2D eigenvalue weighted by molar-refractivity contribution is 6.00. The van der Waals surface area contributed by atoms with Gasteiger partial charge in [0, 0.05) is 18.5 Å². The highest BCUT2D eigenvalue weighted by Crippen LogP contribution is 2.39. The average molecular weight is 484 g/mol. The summed E-state index contributed by atoms with van der Waals surface area (Å²) < 4.78 is 16.1. The van der Waals surface area contributed by atoms with Crippen molar-refractivity contribution in [3.63, 3.8) is 0 Å². The van der Waals surface area contributed by atoms with E-state index in [0.29, 0.717) is 12.8 Å². The van der Waals surface area contributed by atoms with E-state index in [9.17, 15) is 19.2 Å². The number of carbonyl (C=O) groups is 4. The van der Waals surface area contributed by atoms with E-state index in [4.69, 9.17) is 14.2 Å². The number of methoxy groups -OCH3 is 1. The second-order valence-electron chi connectivity index (χ2n) is 12.6. The van der Waals surface area contributed by atoms with E-state index >= 15 is 0 Å². The SMILES string of the molecule is COC(=O)C(C)(C)CCC(C)(C)C(=O)N1CCC(C(=O)OC(C)(C)C)(C(=O)OC(C)(C)C)CC1. The highest BCUT2D eigenvalue weighted by Gasteiger charge is 2.53. The van der Waals surface area contributed by atoms with E-state index < -0.39 is 39.4 Å². The van der Waals surface area contributed by atoms with Crippen molar-refractivity contribution in [2.45, 2.75) is 106 Å². The monoisotopic (exact) mass is 483 g/mol. The van der Waals surface area contributed by atoms with E-state index in [1.807, 2.05) is 13.8 Å². The highest BCUT2D eigenvalue weighted by atomic mass is 16.6. The molecule has 0 aromatic carbocycles. The van der Waals surface area contributed by atoms with Crippen molar-refractivity contribution in [2.75, 3.05) is 20.2 Å². The van der Waals surface area contributed by atoms with Crippen LogP contribution in [0.2, 0.25) is 0 Å². The van der Waals surface area contributed by atoms with Crippen LogP contribution in [0.15, 0.2) is 0 Å². The van der Waals surface area contributed by atoms with Gasteiger partial charge in [-0.05, 0) is 81.1 Å². The number of esters is 3. The van der Waals surface area contributed by atoms with Gasteiger partial charge >= 0.3 is 17.9 Å². The molecule has 0 saturated carbocycles. The molecule has 0 aromatic heterocycles. The van der Waals surface area contributed by atoms with Crippen LogP contribution in [-0.4, -0.2) is 60.1 Å². The average Bonchev–Trinajstić information content (AvgIpc) is 2.68. The zero-order chi connectivity index (χ0) is 26.8. The Balaban J connectivity index is 3.02. The third-order valence-electron chi connectivity index (χ3n) is 6.18. The van der Waals surface area contributed by atoms with Crippen molar-refractivity contribution >= 4 is 23.8 Å². The molecule has 1 heterocycles. The molecule has 0 radical (unpaired) electrons. The van der Waals surface area contributed by atoms with Crippen LogP contribution in [0.1, 0.15) is 94.9 Å². The fourth-order valence-electron chi connectivity index (χ4n) is 3.87. The summed E-state index contributed by atoms with van der Waals surface area (Å²) in [7, 11) is 1.36. The van der Waals surface area contributed by atoms with Crippen LogP contribution in [-0.2, 0) is 33.4 Å². The molecule has 34 heavy (non-hydrogen) atoms. The summed E-state index contributed by atoms with van der Waals surface area (Å²) in [6.45, 7) is 18.3. The molecule has 1 amide bonds. The lowest BCUT2D eigenvalue weighted by molar-refractivity contribution is -0.190. The number of hydrogen-bond acceptors (Lipinski definition) is 7. The lowest BCUT2D eigenvalue weighted by Crippen LogP contribution is -2.55. The summed E-state index contributed by atoms with van der Waals surface area (Å²) in [5.41, 5.74) is -4.38. The maximum atomic E-state index is 13.4. The maximum absolute atomic E-state index is 13.4. The van der Waals surface area contributed by atoms with E-state index in [1.165, 1.54) is 7.11 Å². The van der Waals surface area contributed by atoms with Crippen molar-refractivity contribution < 1.29 is 33.4 Å². The molecule has 196 valence electrons. The molecule has 0 unspecified atom stereocenters. The largest absolute Gasteiger partial charge is 0.469 e. The lowest BCUT2D eigenvalue weighted by Gasteiger charge is -2.42. The van der Waals surface area contributed by atoms with Gasteiger partial charge in [0.25, 0.3) is 0 Å². The Kier molecular flexibility index (Phi) is 9.01. The van der Waals surface area contributed by atoms with Crippen molar-refractivity contribution in [1.29, 1.82) is 0 Å². The minimum atomic E-state index is -1.45. The van der Waals surface area contributed by atoms with Gasteiger partial charge < -0.3 is 19.1 Å². The second-order valence-corrected chi connectivity index (χ2v) is 12.6. The Morgan fingerprint density at radius 2 is 1.09 bits per heavy atom. The topological polar surface area (TPSA) is 99.2 Å². The molecule has 0 spiro atoms. The van der Waals surface area contributed by atoms with Crippen LogP contribution >= 0.6 is 0 Å². The molecule has 1 fully saturated rings. The Labute approximate surface area is 205 Å². The Morgan fingerprint density at radius 3 is 1.44 bits per heavy atom. The Hall–Kier alpha value is -2.12. The van der Waals surface area contributed by atoms with Crippen molar-refractivity contribution in [2.24, 2.45) is 16.2 Å². The number of carbonyl (C=O) groups excluding carboxylic acids is 4. The van der Waals surface area contributed by atoms with Gasteiger partial charge in [0.05, 0.1) is 12.5 Å². The zero-order valence-corrected chi connectivity index (χ0v) is 23.0. The first-order chi connectivity index (χ1) is 15.2. The smallest absolute Gasteiger partial charge is 0.324 e. The summed E-state index contributed by atoms with van der Waals surface area (Å²) >= 11 is 0. The first-order valence-electron chi connectivity index (χ1n) is 12.0. The predicted molar refractivity (Wildman–Crippen MR) is 129 cm³/mol. The molecule has 0 N–H and O–H groups in total. The number of rotatable bonds is 7. The van der Waals surface area contributed by atoms with E-state index in [-0.39, 0.29) is 37.8 Å². The normalized spacial score (nSPS) is 17.1. The third kappa shape index (κ3) is 7.70. The van der Waals surface area contributed by atoms with Crippen molar-refractivity contribution in [3.8, 4) is 0 Å². The standard InChI is InChI=1S/C26H45NO7/c1-22(2,3)33-20(30)26(21(31)34-23(4,5)6)14-16-27(17-15-26)18(28)24(7,8)12-13-25(9,10)19(29)32-11/h12-17H2,1-11H3. The molecule has 8 heteroatoms. The summed E-state index contributed by atoms with van der Waals surface area (Å²) in [6, 6.07) is 0. The van der Waals surface area contributed by atoms with Gasteiger partial charge in [-0.1, -0.05) is 13.8 Å². The molecule has 1 aliphatic heterocycles. The molecule has 0 bridgehead atoms. The number of amides is 1. The van der Waals surface area contributed by atoms with E-state index in [1.54, 1.807) is 60.3 Å². The minimum absolute atomic E-state index is 0.0739. The number of hydrogen-bond donors (Lipinski definition) is 0. The number of ether oxygens (including phenoxy) is 3. The van der Waals surface area contributed by atoms with Gasteiger partial charge in [-0.25, -0.2) is 0 Å².